The Kier molecular flexibility index (Phi) is 5.76. The number of halogens is 1. The quantitative estimate of drug-likeness (QED) is 0.417. The van der Waals surface area contributed by atoms with Crippen molar-refractivity contribution in [2.24, 2.45) is 0 Å². The van der Waals surface area contributed by atoms with Crippen molar-refractivity contribution in [3.05, 3.63) is 70.4 Å². The third-order valence-corrected chi connectivity index (χ3v) is 6.82. The number of piperazine rings is 1. The molecule has 10 nitrogen and oxygen atoms in total. The minimum Gasteiger partial charge on any atom is -0.338 e. The van der Waals surface area contributed by atoms with E-state index in [-0.39, 0.29) is 29.5 Å². The highest BCUT2D eigenvalue weighted by Gasteiger charge is 2.30. The fourth-order valence-corrected chi connectivity index (χ4v) is 4.72. The van der Waals surface area contributed by atoms with Crippen LogP contribution in [-0.2, 0) is 16.6 Å². The van der Waals surface area contributed by atoms with E-state index < -0.39 is 14.9 Å². The Balaban J connectivity index is 1.38. The first-order valence-corrected chi connectivity index (χ1v) is 10.8. The van der Waals surface area contributed by atoms with Gasteiger partial charge in [0, 0.05) is 43.9 Å². The van der Waals surface area contributed by atoms with Crippen LogP contribution >= 0.6 is 0 Å². The molecule has 1 aliphatic heterocycles. The summed E-state index contributed by atoms with van der Waals surface area (Å²) < 4.78 is 45.3. The molecule has 4 rings (SSSR count). The molecule has 0 radical (unpaired) electrons. The van der Waals surface area contributed by atoms with Gasteiger partial charge in [-0.1, -0.05) is 11.2 Å². The van der Waals surface area contributed by atoms with E-state index in [0.717, 1.165) is 6.07 Å². The number of nitro benzene ring substituents is 1. The molecular weight excluding hydrogens is 429 g/mol. The summed E-state index contributed by atoms with van der Waals surface area (Å²) in [6.07, 6.45) is 0. The summed E-state index contributed by atoms with van der Waals surface area (Å²) in [5.41, 5.74) is 0.359. The van der Waals surface area contributed by atoms with Crippen molar-refractivity contribution in [2.45, 2.75) is 11.4 Å². The number of hydrogen-bond donors (Lipinski definition) is 0. The molecule has 1 aromatic heterocycles. The zero-order valence-corrected chi connectivity index (χ0v) is 17.0. The summed E-state index contributed by atoms with van der Waals surface area (Å²) in [5, 5.41) is 14.8. The van der Waals surface area contributed by atoms with Crippen molar-refractivity contribution in [3.8, 4) is 11.4 Å². The number of nitro groups is 1. The molecule has 0 atom stereocenters. The Labute approximate surface area is 177 Å². The van der Waals surface area contributed by atoms with Crippen LogP contribution in [0, 0.1) is 15.9 Å². The average Bonchev–Trinajstić information content (AvgIpc) is 3.23. The highest BCUT2D eigenvalue weighted by molar-refractivity contribution is 7.89. The van der Waals surface area contributed by atoms with Crippen LogP contribution in [0.5, 0.6) is 0 Å². The number of rotatable bonds is 6. The van der Waals surface area contributed by atoms with Gasteiger partial charge in [-0.3, -0.25) is 15.0 Å². The van der Waals surface area contributed by atoms with Gasteiger partial charge in [0.1, 0.15) is 5.82 Å². The predicted molar refractivity (Wildman–Crippen MR) is 107 cm³/mol. The second-order valence-electron chi connectivity index (χ2n) is 6.95. The zero-order chi connectivity index (χ0) is 22.0. The Morgan fingerprint density at radius 3 is 2.48 bits per heavy atom. The molecule has 162 valence electrons. The van der Waals surface area contributed by atoms with Gasteiger partial charge in [0.05, 0.1) is 16.4 Å². The van der Waals surface area contributed by atoms with Gasteiger partial charge in [0.2, 0.25) is 21.7 Å². The Morgan fingerprint density at radius 1 is 1.10 bits per heavy atom. The minimum absolute atomic E-state index is 0.101. The molecule has 1 saturated heterocycles. The molecule has 2 aromatic carbocycles. The number of sulfonamides is 1. The molecule has 0 aliphatic carbocycles. The largest absolute Gasteiger partial charge is 0.338 e. The van der Waals surface area contributed by atoms with Gasteiger partial charge in [-0.2, -0.15) is 9.29 Å². The summed E-state index contributed by atoms with van der Waals surface area (Å²) in [5.74, 6) is 0.363. The monoisotopic (exact) mass is 447 g/mol. The number of benzene rings is 2. The SMILES string of the molecule is O=[N+]([O-])c1cccc(S(=O)(=O)N2CCN(Cc3nc(-c4ccc(F)cc4)no3)CC2)c1. The molecule has 2 heterocycles. The lowest BCUT2D eigenvalue weighted by Gasteiger charge is -2.33. The molecule has 0 saturated carbocycles. The highest BCUT2D eigenvalue weighted by Crippen LogP contribution is 2.23. The van der Waals surface area contributed by atoms with Crippen molar-refractivity contribution in [1.29, 1.82) is 0 Å². The van der Waals surface area contributed by atoms with Gasteiger partial charge >= 0.3 is 0 Å². The molecule has 0 amide bonds. The molecule has 0 spiro atoms. The second-order valence-corrected chi connectivity index (χ2v) is 8.89. The van der Waals surface area contributed by atoms with E-state index >= 15 is 0 Å². The second kappa shape index (κ2) is 8.49. The third kappa shape index (κ3) is 4.60. The summed E-state index contributed by atoms with van der Waals surface area (Å²) in [7, 11) is -3.83. The lowest BCUT2D eigenvalue weighted by atomic mass is 10.2. The number of hydrogen-bond acceptors (Lipinski definition) is 8. The molecule has 31 heavy (non-hydrogen) atoms. The van der Waals surface area contributed by atoms with Crippen molar-refractivity contribution in [3.63, 3.8) is 0 Å². The van der Waals surface area contributed by atoms with Gasteiger partial charge in [-0.15, -0.1) is 0 Å². The van der Waals surface area contributed by atoms with Crippen LogP contribution in [0.1, 0.15) is 5.89 Å². The number of nitrogens with zero attached hydrogens (tertiary/aromatic N) is 5. The van der Waals surface area contributed by atoms with E-state index in [9.17, 15) is 22.9 Å². The van der Waals surface area contributed by atoms with Gasteiger partial charge < -0.3 is 4.52 Å². The Morgan fingerprint density at radius 2 is 1.81 bits per heavy atom. The van der Waals surface area contributed by atoms with E-state index in [0.29, 0.717) is 36.9 Å². The van der Waals surface area contributed by atoms with E-state index in [1.807, 2.05) is 4.90 Å². The van der Waals surface area contributed by atoms with Gasteiger partial charge in [-0.05, 0) is 30.3 Å². The predicted octanol–water partition coefficient (Wildman–Crippen LogP) is 2.29. The third-order valence-electron chi connectivity index (χ3n) is 4.93. The van der Waals surface area contributed by atoms with Crippen LogP contribution in [0.2, 0.25) is 0 Å². The molecule has 1 aliphatic rings. The van der Waals surface area contributed by atoms with E-state index in [4.69, 9.17) is 4.52 Å². The lowest BCUT2D eigenvalue weighted by molar-refractivity contribution is -0.385. The molecule has 0 N–H and O–H groups in total. The molecule has 0 unspecified atom stereocenters. The number of non-ortho nitro benzene ring substituents is 1. The van der Waals surface area contributed by atoms with E-state index in [1.165, 1.54) is 34.6 Å². The Bertz CT molecular complexity index is 1190. The zero-order valence-electron chi connectivity index (χ0n) is 16.2. The number of aromatic nitrogens is 2. The smallest absolute Gasteiger partial charge is 0.270 e. The summed E-state index contributed by atoms with van der Waals surface area (Å²) in [6, 6.07) is 10.8. The first-order chi connectivity index (χ1) is 14.8. The van der Waals surface area contributed by atoms with Crippen LogP contribution in [0.15, 0.2) is 57.9 Å². The van der Waals surface area contributed by atoms with Crippen molar-refractivity contribution >= 4 is 15.7 Å². The molecule has 0 bridgehead atoms. The van der Waals surface area contributed by atoms with Gasteiger partial charge in [-0.25, -0.2) is 12.8 Å². The minimum atomic E-state index is -3.83. The molecule has 12 heteroatoms. The molecular formula is C19H18FN5O5S. The van der Waals surface area contributed by atoms with Crippen LogP contribution in [-0.4, -0.2) is 58.9 Å². The first kappa shape index (κ1) is 21.0. The van der Waals surface area contributed by atoms with Gasteiger partial charge in [0.15, 0.2) is 0 Å². The lowest BCUT2D eigenvalue weighted by Crippen LogP contribution is -2.48. The molecule has 1 fully saturated rings. The summed E-state index contributed by atoms with van der Waals surface area (Å²) in [4.78, 5) is 16.5. The normalized spacial score (nSPS) is 15.8. The maximum Gasteiger partial charge on any atom is 0.270 e. The van der Waals surface area contributed by atoms with Crippen molar-refractivity contribution in [1.82, 2.24) is 19.3 Å². The summed E-state index contributed by atoms with van der Waals surface area (Å²) >= 11 is 0. The van der Waals surface area contributed by atoms with Crippen LogP contribution in [0.4, 0.5) is 10.1 Å². The standard InChI is InChI=1S/C19H18FN5O5S/c20-15-6-4-14(5-7-15)19-21-18(30-22-19)13-23-8-10-24(11-9-23)31(28,29)17-3-1-2-16(12-17)25(26)27/h1-7,12H,8-11,13H2. The van der Waals surface area contributed by atoms with Crippen LogP contribution in [0.3, 0.4) is 0 Å². The first-order valence-electron chi connectivity index (χ1n) is 9.38. The summed E-state index contributed by atoms with van der Waals surface area (Å²) in [6.45, 7) is 1.66. The fourth-order valence-electron chi connectivity index (χ4n) is 3.26. The maximum absolute atomic E-state index is 13.0. The Hall–Kier alpha value is -3.22. The van der Waals surface area contributed by atoms with Crippen LogP contribution in [0.25, 0.3) is 11.4 Å². The van der Waals surface area contributed by atoms with Gasteiger partial charge in [0.25, 0.3) is 5.69 Å². The topological polar surface area (TPSA) is 123 Å². The highest BCUT2D eigenvalue weighted by atomic mass is 32.2. The van der Waals surface area contributed by atoms with Crippen LogP contribution < -0.4 is 0 Å². The molecule has 3 aromatic rings. The van der Waals surface area contributed by atoms with E-state index in [1.54, 1.807) is 12.1 Å². The van der Waals surface area contributed by atoms with Crippen molar-refractivity contribution < 1.29 is 22.3 Å². The fraction of sp³-hybridized carbons (Fsp3) is 0.263. The average molecular weight is 447 g/mol. The van der Waals surface area contributed by atoms with Crippen molar-refractivity contribution in [2.75, 3.05) is 26.2 Å². The van der Waals surface area contributed by atoms with E-state index in [2.05, 4.69) is 10.1 Å². The maximum atomic E-state index is 13.0.